The van der Waals surface area contributed by atoms with E-state index in [-0.39, 0.29) is 0 Å². The maximum Gasteiger partial charge on any atom is 0.223 e. The number of hydrogen-bond donors (Lipinski definition) is 0. The van der Waals surface area contributed by atoms with Crippen molar-refractivity contribution in [2.45, 2.75) is 53.4 Å². The minimum Gasteiger partial charge on any atom is -0.493 e. The van der Waals surface area contributed by atoms with Gasteiger partial charge in [0.1, 0.15) is 11.5 Å². The topological polar surface area (TPSA) is 74.2 Å². The molecule has 2 aromatic heterocycles. The molecular formula is C20H25N3O3. The monoisotopic (exact) mass is 355 g/mol. The lowest BCUT2D eigenvalue weighted by Gasteiger charge is -2.13. The average Bonchev–Trinajstić information content (AvgIpc) is 3.21. The minimum atomic E-state index is 0.566. The van der Waals surface area contributed by atoms with Crippen LogP contribution in [0.1, 0.15) is 47.7 Å². The molecule has 0 fully saturated rings. The molecule has 3 aromatic rings. The van der Waals surface area contributed by atoms with Crippen molar-refractivity contribution in [1.82, 2.24) is 15.3 Å². The summed E-state index contributed by atoms with van der Waals surface area (Å²) in [6, 6.07) is 6.08. The van der Waals surface area contributed by atoms with Gasteiger partial charge in [-0.25, -0.2) is 0 Å². The Morgan fingerprint density at radius 2 is 1.65 bits per heavy atom. The Morgan fingerprint density at radius 3 is 2.27 bits per heavy atom. The highest BCUT2D eigenvalue weighted by Crippen LogP contribution is 2.29. The number of ether oxygens (including phenoxy) is 1. The summed E-state index contributed by atoms with van der Waals surface area (Å²) < 4.78 is 16.3. The number of rotatable bonds is 8. The van der Waals surface area contributed by atoms with Gasteiger partial charge in [-0.2, -0.15) is 4.98 Å². The molecule has 3 rings (SSSR count). The van der Waals surface area contributed by atoms with Gasteiger partial charge in [0.05, 0.1) is 12.3 Å². The van der Waals surface area contributed by atoms with E-state index in [2.05, 4.69) is 15.3 Å². The van der Waals surface area contributed by atoms with E-state index < -0.39 is 0 Å². The number of nitrogens with zero attached hydrogens (tertiary/aromatic N) is 3. The maximum atomic E-state index is 6.02. The number of aryl methyl sites for hydroxylation is 5. The van der Waals surface area contributed by atoms with E-state index in [9.17, 15) is 0 Å². The van der Waals surface area contributed by atoms with Gasteiger partial charge in [0, 0.05) is 25.0 Å². The first-order chi connectivity index (χ1) is 12.5. The number of benzene rings is 1. The summed E-state index contributed by atoms with van der Waals surface area (Å²) in [7, 11) is 0. The van der Waals surface area contributed by atoms with E-state index in [4.69, 9.17) is 13.8 Å². The Bertz CT molecular complexity index is 844. The van der Waals surface area contributed by atoms with Crippen LogP contribution in [0.3, 0.4) is 0 Å². The predicted molar refractivity (Wildman–Crippen MR) is 98.2 cm³/mol. The summed E-state index contributed by atoms with van der Waals surface area (Å²) in [4.78, 5) is 4.28. The van der Waals surface area contributed by atoms with Crippen LogP contribution in [-0.2, 0) is 6.42 Å². The number of unbranched alkanes of at least 4 members (excludes halogenated alkanes) is 2. The van der Waals surface area contributed by atoms with Crippen molar-refractivity contribution in [2.75, 3.05) is 6.61 Å². The van der Waals surface area contributed by atoms with E-state index in [1.165, 1.54) is 0 Å². The Kier molecular flexibility index (Phi) is 5.71. The molecule has 0 bridgehead atoms. The Hall–Kier alpha value is -2.63. The van der Waals surface area contributed by atoms with Gasteiger partial charge in [-0.15, -0.1) is 0 Å². The molecule has 6 heteroatoms. The summed E-state index contributed by atoms with van der Waals surface area (Å²) >= 11 is 0. The quantitative estimate of drug-likeness (QED) is 0.543. The van der Waals surface area contributed by atoms with Crippen LogP contribution in [0.5, 0.6) is 5.75 Å². The largest absolute Gasteiger partial charge is 0.493 e. The lowest BCUT2D eigenvalue weighted by atomic mass is 10.1. The molecule has 0 aliphatic heterocycles. The molecule has 2 heterocycles. The third-order valence-corrected chi connectivity index (χ3v) is 4.24. The molecule has 0 radical (unpaired) electrons. The van der Waals surface area contributed by atoms with Gasteiger partial charge in [0.25, 0.3) is 0 Å². The van der Waals surface area contributed by atoms with Gasteiger partial charge in [0.2, 0.25) is 11.7 Å². The van der Waals surface area contributed by atoms with Crippen LogP contribution in [0.4, 0.5) is 0 Å². The summed E-state index contributed by atoms with van der Waals surface area (Å²) in [5.41, 5.74) is 4.06. The predicted octanol–water partition coefficient (Wildman–Crippen LogP) is 4.75. The number of aromatic nitrogens is 3. The summed E-state index contributed by atoms with van der Waals surface area (Å²) in [6.07, 6.45) is 4.11. The molecule has 0 aliphatic rings. The molecule has 0 unspecified atom stereocenters. The SMILES string of the molecule is Cc1cc(CCCCCOc2c(C)cc(-c3noc(C)n3)cc2C)on1. The van der Waals surface area contributed by atoms with Crippen LogP contribution >= 0.6 is 0 Å². The first kappa shape index (κ1) is 18.2. The molecule has 0 amide bonds. The Morgan fingerprint density at radius 1 is 0.885 bits per heavy atom. The second-order valence-corrected chi connectivity index (χ2v) is 6.67. The van der Waals surface area contributed by atoms with Gasteiger partial charge in [-0.3, -0.25) is 0 Å². The minimum absolute atomic E-state index is 0.566. The zero-order valence-electron chi connectivity index (χ0n) is 15.8. The van der Waals surface area contributed by atoms with Crippen LogP contribution < -0.4 is 4.74 Å². The van der Waals surface area contributed by atoms with E-state index in [0.29, 0.717) is 18.3 Å². The summed E-state index contributed by atoms with van der Waals surface area (Å²) in [5, 5.41) is 7.89. The van der Waals surface area contributed by atoms with Crippen molar-refractivity contribution in [3.05, 3.63) is 46.7 Å². The van der Waals surface area contributed by atoms with Crippen molar-refractivity contribution in [1.29, 1.82) is 0 Å². The van der Waals surface area contributed by atoms with Gasteiger partial charge in [-0.05, 0) is 63.3 Å². The molecule has 0 atom stereocenters. The third kappa shape index (κ3) is 4.50. The molecule has 6 nitrogen and oxygen atoms in total. The molecule has 138 valence electrons. The van der Waals surface area contributed by atoms with Gasteiger partial charge >= 0.3 is 0 Å². The van der Waals surface area contributed by atoms with Gasteiger partial charge < -0.3 is 13.8 Å². The normalized spacial score (nSPS) is 11.1. The fourth-order valence-electron chi connectivity index (χ4n) is 3.01. The van der Waals surface area contributed by atoms with Crippen LogP contribution in [-0.4, -0.2) is 21.9 Å². The first-order valence-electron chi connectivity index (χ1n) is 9.00. The van der Waals surface area contributed by atoms with Gasteiger partial charge in [-0.1, -0.05) is 10.3 Å². The highest BCUT2D eigenvalue weighted by molar-refractivity contribution is 5.60. The molecule has 0 aliphatic carbocycles. The van der Waals surface area contributed by atoms with E-state index in [1.54, 1.807) is 6.92 Å². The summed E-state index contributed by atoms with van der Waals surface area (Å²) in [6.45, 7) is 8.53. The Balaban J connectivity index is 1.48. The summed E-state index contributed by atoms with van der Waals surface area (Å²) in [5.74, 6) is 3.08. The molecule has 0 N–H and O–H groups in total. The molecule has 26 heavy (non-hydrogen) atoms. The molecular weight excluding hydrogens is 330 g/mol. The maximum absolute atomic E-state index is 6.02. The average molecular weight is 355 g/mol. The highest BCUT2D eigenvalue weighted by Gasteiger charge is 2.11. The fraction of sp³-hybridized carbons (Fsp3) is 0.450. The van der Waals surface area contributed by atoms with Crippen molar-refractivity contribution in [3.63, 3.8) is 0 Å². The van der Waals surface area contributed by atoms with E-state index in [0.717, 1.165) is 59.6 Å². The first-order valence-corrected chi connectivity index (χ1v) is 9.00. The van der Waals surface area contributed by atoms with Crippen LogP contribution in [0.15, 0.2) is 27.2 Å². The van der Waals surface area contributed by atoms with Crippen LogP contribution in [0.25, 0.3) is 11.4 Å². The van der Waals surface area contributed by atoms with Crippen molar-refractivity contribution >= 4 is 0 Å². The zero-order valence-corrected chi connectivity index (χ0v) is 15.8. The second-order valence-electron chi connectivity index (χ2n) is 6.67. The van der Waals surface area contributed by atoms with Crippen LogP contribution in [0, 0.1) is 27.7 Å². The Labute approximate surface area is 153 Å². The molecule has 0 saturated carbocycles. The second kappa shape index (κ2) is 8.17. The van der Waals surface area contributed by atoms with E-state index >= 15 is 0 Å². The van der Waals surface area contributed by atoms with Gasteiger partial charge in [0.15, 0.2) is 0 Å². The molecule has 1 aromatic carbocycles. The fourth-order valence-corrected chi connectivity index (χ4v) is 3.01. The lowest BCUT2D eigenvalue weighted by molar-refractivity contribution is 0.299. The molecule has 0 saturated heterocycles. The zero-order chi connectivity index (χ0) is 18.5. The van der Waals surface area contributed by atoms with Crippen molar-refractivity contribution in [2.24, 2.45) is 0 Å². The number of hydrogen-bond acceptors (Lipinski definition) is 6. The van der Waals surface area contributed by atoms with E-state index in [1.807, 2.05) is 39.0 Å². The highest BCUT2D eigenvalue weighted by atomic mass is 16.5. The lowest BCUT2D eigenvalue weighted by Crippen LogP contribution is -2.01. The third-order valence-electron chi connectivity index (χ3n) is 4.24. The standard InChI is InChI=1S/C20H25N3O3/c1-13-10-17(20-21-16(4)25-23-20)11-14(2)19(13)24-9-7-5-6-8-18-12-15(3)22-26-18/h10-12H,5-9H2,1-4H3. The smallest absolute Gasteiger partial charge is 0.223 e. The van der Waals surface area contributed by atoms with Crippen molar-refractivity contribution in [3.8, 4) is 17.1 Å². The molecule has 0 spiro atoms. The van der Waals surface area contributed by atoms with Crippen LogP contribution in [0.2, 0.25) is 0 Å². The van der Waals surface area contributed by atoms with Crippen molar-refractivity contribution < 1.29 is 13.8 Å².